The van der Waals surface area contributed by atoms with Crippen LogP contribution in [-0.2, 0) is 0 Å². The lowest BCUT2D eigenvalue weighted by molar-refractivity contribution is 0.0955. The molecular weight excluding hydrogens is 280 g/mol. The lowest BCUT2D eigenvalue weighted by atomic mass is 10.1. The number of carbonyl (C=O) groups excluding carboxylic acids is 1. The van der Waals surface area contributed by atoms with Gasteiger partial charge < -0.3 is 9.84 Å². The van der Waals surface area contributed by atoms with Crippen LogP contribution in [0.15, 0.2) is 41.5 Å². The molecule has 1 amide bonds. The van der Waals surface area contributed by atoms with Crippen LogP contribution in [0, 0.1) is 13.8 Å². The van der Waals surface area contributed by atoms with Gasteiger partial charge in [0, 0.05) is 5.56 Å². The van der Waals surface area contributed by atoms with Crippen LogP contribution in [0.2, 0.25) is 0 Å². The summed E-state index contributed by atoms with van der Waals surface area (Å²) in [5.74, 6) is 0.667. The van der Waals surface area contributed by atoms with Gasteiger partial charge in [-0.25, -0.2) is 5.43 Å². The van der Waals surface area contributed by atoms with Crippen molar-refractivity contribution in [1.29, 1.82) is 0 Å². The zero-order valence-corrected chi connectivity index (χ0v) is 12.8. The Bertz CT molecular complexity index is 683. The van der Waals surface area contributed by atoms with Crippen molar-refractivity contribution < 1.29 is 14.6 Å². The minimum absolute atomic E-state index is 0.277. The Morgan fingerprint density at radius 2 is 1.77 bits per heavy atom. The number of nitrogens with zero attached hydrogens (tertiary/aromatic N) is 1. The number of ether oxygens (including phenoxy) is 1. The molecule has 0 fully saturated rings. The van der Waals surface area contributed by atoms with Crippen molar-refractivity contribution in [2.24, 2.45) is 5.10 Å². The van der Waals surface area contributed by atoms with E-state index < -0.39 is 0 Å². The van der Waals surface area contributed by atoms with Crippen molar-refractivity contribution in [3.8, 4) is 11.5 Å². The first-order valence-electron chi connectivity index (χ1n) is 6.79. The van der Waals surface area contributed by atoms with E-state index in [0.717, 1.165) is 16.7 Å². The first kappa shape index (κ1) is 15.6. The molecule has 0 aromatic heterocycles. The van der Waals surface area contributed by atoms with Crippen molar-refractivity contribution in [2.75, 3.05) is 7.11 Å². The number of rotatable bonds is 4. The van der Waals surface area contributed by atoms with Crippen LogP contribution in [0.25, 0.3) is 0 Å². The van der Waals surface area contributed by atoms with Gasteiger partial charge in [-0.15, -0.1) is 0 Å². The molecule has 5 nitrogen and oxygen atoms in total. The van der Waals surface area contributed by atoms with E-state index in [4.69, 9.17) is 4.74 Å². The smallest absolute Gasteiger partial charge is 0.271 e. The minimum Gasteiger partial charge on any atom is -0.507 e. The largest absolute Gasteiger partial charge is 0.507 e. The van der Waals surface area contributed by atoms with Crippen molar-refractivity contribution in [3.05, 3.63) is 58.7 Å². The molecule has 0 atom stereocenters. The number of phenols is 1. The van der Waals surface area contributed by atoms with Crippen LogP contribution >= 0.6 is 0 Å². The van der Waals surface area contributed by atoms with Gasteiger partial charge in [0.15, 0.2) is 0 Å². The number of carbonyl (C=O) groups is 1. The van der Waals surface area contributed by atoms with Crippen molar-refractivity contribution in [2.45, 2.75) is 13.8 Å². The van der Waals surface area contributed by atoms with Crippen molar-refractivity contribution >= 4 is 12.1 Å². The molecular formula is C17H18N2O3. The highest BCUT2D eigenvalue weighted by atomic mass is 16.5. The molecule has 2 aromatic rings. The Morgan fingerprint density at radius 3 is 2.32 bits per heavy atom. The van der Waals surface area contributed by atoms with Gasteiger partial charge in [0.2, 0.25) is 0 Å². The zero-order chi connectivity index (χ0) is 16.1. The number of hydrogen-bond donors (Lipinski definition) is 2. The minimum atomic E-state index is -0.300. The maximum absolute atomic E-state index is 11.9. The highest BCUT2D eigenvalue weighted by Crippen LogP contribution is 2.22. The van der Waals surface area contributed by atoms with Gasteiger partial charge in [0.1, 0.15) is 11.5 Å². The molecule has 0 spiro atoms. The summed E-state index contributed by atoms with van der Waals surface area (Å²) in [4.78, 5) is 11.9. The number of methoxy groups -OCH3 is 1. The van der Waals surface area contributed by atoms with E-state index in [-0.39, 0.29) is 11.7 Å². The fraction of sp³-hybridized carbons (Fsp3) is 0.176. The second kappa shape index (κ2) is 6.76. The predicted octanol–water partition coefficient (Wildman–Crippen LogP) is 2.78. The quantitative estimate of drug-likeness (QED) is 0.673. The van der Waals surface area contributed by atoms with Crippen molar-refractivity contribution in [1.82, 2.24) is 5.43 Å². The van der Waals surface area contributed by atoms with Crippen LogP contribution < -0.4 is 10.2 Å². The highest BCUT2D eigenvalue weighted by Gasteiger charge is 2.04. The zero-order valence-electron chi connectivity index (χ0n) is 12.8. The number of hydrogen-bond acceptors (Lipinski definition) is 4. The molecule has 0 unspecified atom stereocenters. The summed E-state index contributed by atoms with van der Waals surface area (Å²) in [5, 5.41) is 13.6. The van der Waals surface area contributed by atoms with Gasteiger partial charge in [0.05, 0.1) is 13.3 Å². The fourth-order valence-electron chi connectivity index (χ4n) is 2.04. The lowest BCUT2D eigenvalue weighted by Crippen LogP contribution is -2.17. The van der Waals surface area contributed by atoms with Gasteiger partial charge in [-0.1, -0.05) is 0 Å². The van der Waals surface area contributed by atoms with Crippen molar-refractivity contribution in [3.63, 3.8) is 0 Å². The molecule has 0 aliphatic heterocycles. The summed E-state index contributed by atoms with van der Waals surface area (Å²) in [6.07, 6.45) is 1.54. The number of nitrogens with one attached hydrogen (secondary N) is 1. The number of phenolic OH excluding ortho intramolecular Hbond substituents is 1. The van der Waals surface area contributed by atoms with Crippen LogP contribution in [0.1, 0.15) is 27.0 Å². The summed E-state index contributed by atoms with van der Waals surface area (Å²) in [6.45, 7) is 3.63. The van der Waals surface area contributed by atoms with Crippen LogP contribution in [0.5, 0.6) is 11.5 Å². The number of benzene rings is 2. The summed E-state index contributed by atoms with van der Waals surface area (Å²) >= 11 is 0. The third kappa shape index (κ3) is 3.63. The summed E-state index contributed by atoms with van der Waals surface area (Å²) in [5.41, 5.74) is 5.30. The third-order valence-electron chi connectivity index (χ3n) is 3.25. The maximum atomic E-state index is 11.9. The van der Waals surface area contributed by atoms with Gasteiger partial charge in [0.25, 0.3) is 5.91 Å². The molecule has 5 heteroatoms. The topological polar surface area (TPSA) is 70.9 Å². The van der Waals surface area contributed by atoms with Gasteiger partial charge in [-0.2, -0.15) is 5.10 Å². The molecule has 0 radical (unpaired) electrons. The van der Waals surface area contributed by atoms with E-state index in [0.29, 0.717) is 11.3 Å². The molecule has 0 bridgehead atoms. The molecule has 2 N–H and O–H groups in total. The lowest BCUT2D eigenvalue weighted by Gasteiger charge is -2.05. The maximum Gasteiger partial charge on any atom is 0.271 e. The Labute approximate surface area is 129 Å². The molecule has 114 valence electrons. The van der Waals surface area contributed by atoms with E-state index >= 15 is 0 Å². The molecule has 0 aliphatic carbocycles. The summed E-state index contributed by atoms with van der Waals surface area (Å²) in [7, 11) is 1.57. The molecule has 2 rings (SSSR count). The molecule has 0 aliphatic rings. The Kier molecular flexibility index (Phi) is 4.78. The van der Waals surface area contributed by atoms with Gasteiger partial charge in [-0.3, -0.25) is 4.79 Å². The summed E-state index contributed by atoms with van der Waals surface area (Å²) < 4.78 is 5.04. The molecule has 0 saturated heterocycles. The molecule has 22 heavy (non-hydrogen) atoms. The Balaban J connectivity index is 2.03. The number of hydrazone groups is 1. The van der Waals surface area contributed by atoms with Crippen LogP contribution in [-0.4, -0.2) is 24.3 Å². The molecule has 0 saturated carbocycles. The average Bonchev–Trinajstić information content (AvgIpc) is 2.52. The highest BCUT2D eigenvalue weighted by molar-refractivity contribution is 5.95. The van der Waals surface area contributed by atoms with E-state index in [2.05, 4.69) is 10.5 Å². The normalized spacial score (nSPS) is 10.7. The number of amides is 1. The SMILES string of the molecule is COc1ccc(C(=O)NN=Cc2cc(C)c(O)c(C)c2)cc1. The second-order valence-corrected chi connectivity index (χ2v) is 4.93. The number of aryl methyl sites for hydroxylation is 2. The van der Waals surface area contributed by atoms with E-state index in [1.165, 1.54) is 0 Å². The van der Waals surface area contributed by atoms with E-state index in [1.807, 2.05) is 13.8 Å². The fourth-order valence-corrected chi connectivity index (χ4v) is 2.04. The average molecular weight is 298 g/mol. The monoisotopic (exact) mass is 298 g/mol. The van der Waals surface area contributed by atoms with Crippen LogP contribution in [0.4, 0.5) is 0 Å². The van der Waals surface area contributed by atoms with E-state index in [9.17, 15) is 9.90 Å². The standard InChI is InChI=1S/C17H18N2O3/c1-11-8-13(9-12(2)16(11)20)10-18-19-17(21)14-4-6-15(22-3)7-5-14/h4-10,20H,1-3H3,(H,19,21). The number of aromatic hydroxyl groups is 1. The first-order valence-corrected chi connectivity index (χ1v) is 6.79. The molecule has 2 aromatic carbocycles. The van der Waals surface area contributed by atoms with E-state index in [1.54, 1.807) is 49.7 Å². The summed E-state index contributed by atoms with van der Waals surface area (Å²) in [6, 6.07) is 10.4. The van der Waals surface area contributed by atoms with Gasteiger partial charge >= 0.3 is 0 Å². The van der Waals surface area contributed by atoms with Crippen LogP contribution in [0.3, 0.4) is 0 Å². The molecule has 0 heterocycles. The second-order valence-electron chi connectivity index (χ2n) is 4.93. The Morgan fingerprint density at radius 1 is 1.18 bits per heavy atom. The predicted molar refractivity (Wildman–Crippen MR) is 85.6 cm³/mol. The third-order valence-corrected chi connectivity index (χ3v) is 3.25. The van der Waals surface area contributed by atoms with Gasteiger partial charge in [-0.05, 0) is 66.9 Å². The first-order chi connectivity index (χ1) is 10.5. The Hall–Kier alpha value is -2.82.